The molecule has 3 fully saturated rings. The lowest BCUT2D eigenvalue weighted by atomic mass is 10.1. The average molecular weight is 1270 g/mol. The van der Waals surface area contributed by atoms with Crippen LogP contribution in [0.2, 0.25) is 0 Å². The molecule has 0 radical (unpaired) electrons. The molecule has 0 atom stereocenters. The first-order valence-electron chi connectivity index (χ1n) is 30.7. The van der Waals surface area contributed by atoms with Crippen LogP contribution in [0.15, 0.2) is 109 Å². The highest BCUT2D eigenvalue weighted by atomic mass is 16.6. The maximum absolute atomic E-state index is 13.1. The van der Waals surface area contributed by atoms with Crippen molar-refractivity contribution in [3.8, 4) is 28.5 Å². The van der Waals surface area contributed by atoms with Gasteiger partial charge in [-0.15, -0.1) is 0 Å². The van der Waals surface area contributed by atoms with Crippen molar-refractivity contribution in [3.63, 3.8) is 0 Å². The highest BCUT2D eigenvalue weighted by Gasteiger charge is 2.28. The van der Waals surface area contributed by atoms with E-state index in [9.17, 15) is 39.4 Å². The smallest absolute Gasteiger partial charge is 0.329 e. The summed E-state index contributed by atoms with van der Waals surface area (Å²) in [6, 6.07) is 25.8. The number of nitrogens with zero attached hydrogens (tertiary/aromatic N) is 10. The van der Waals surface area contributed by atoms with Gasteiger partial charge in [0.2, 0.25) is 0 Å². The lowest BCUT2D eigenvalue weighted by Gasteiger charge is -2.31. The van der Waals surface area contributed by atoms with Gasteiger partial charge in [0.25, 0.3) is 17.3 Å². The second-order valence-corrected chi connectivity index (χ2v) is 21.6. The molecular weight excluding hydrogens is 1190 g/mol. The topological polar surface area (TPSA) is 308 Å². The Morgan fingerprint density at radius 1 is 0.598 bits per heavy atom. The number of hydrogen-bond donors (Lipinski definition) is 2. The number of amides is 5. The maximum Gasteiger partial charge on any atom is 0.329 e. The van der Waals surface area contributed by atoms with Crippen molar-refractivity contribution in [2.75, 3.05) is 128 Å². The Bertz CT molecular complexity index is 3520. The van der Waals surface area contributed by atoms with Crippen LogP contribution in [0.25, 0.3) is 22.8 Å². The van der Waals surface area contributed by atoms with Crippen LogP contribution in [0.3, 0.4) is 0 Å². The first-order chi connectivity index (χ1) is 44.8. The number of nitrogens with one attached hydrogen (secondary N) is 2. The number of fused-ring (bicyclic) bond motifs is 2. The fourth-order valence-corrected chi connectivity index (χ4v) is 10.5. The number of non-ortho nitro benzene ring substituents is 2. The maximum atomic E-state index is 13.1. The second-order valence-electron chi connectivity index (χ2n) is 21.6. The van der Waals surface area contributed by atoms with E-state index in [1.54, 1.807) is 43.2 Å². The minimum atomic E-state index is -0.485. The van der Waals surface area contributed by atoms with Crippen LogP contribution in [-0.2, 0) is 65.8 Å². The summed E-state index contributed by atoms with van der Waals surface area (Å²) in [6.45, 7) is 15.0. The summed E-state index contributed by atoms with van der Waals surface area (Å²) in [5.74, 6) is 3.84. The zero-order valence-electron chi connectivity index (χ0n) is 51.9. The van der Waals surface area contributed by atoms with Crippen molar-refractivity contribution in [1.82, 2.24) is 35.1 Å². The average Bonchev–Trinajstić information content (AvgIpc) is 0.874. The normalized spacial score (nSPS) is 15.9. The Morgan fingerprint density at radius 3 is 1.58 bits per heavy atom. The van der Waals surface area contributed by atoms with Gasteiger partial charge in [0.05, 0.1) is 101 Å². The Balaban J connectivity index is 0.000000156. The Hall–Kier alpha value is -9.38. The zero-order valence-corrected chi connectivity index (χ0v) is 51.9. The first kappa shape index (κ1) is 67.0. The second kappa shape index (κ2) is 33.6. The molecule has 4 aromatic carbocycles. The molecule has 6 aliphatic rings. The van der Waals surface area contributed by atoms with E-state index in [1.165, 1.54) is 36.4 Å². The quantitative estimate of drug-likeness (QED) is 0.0762. The molecule has 12 rings (SSSR count). The summed E-state index contributed by atoms with van der Waals surface area (Å²) in [5, 5.41) is 27.1. The molecule has 0 saturated carbocycles. The molecule has 6 aliphatic heterocycles. The van der Waals surface area contributed by atoms with Crippen molar-refractivity contribution < 1.29 is 62.2 Å². The van der Waals surface area contributed by atoms with Gasteiger partial charge in [-0.3, -0.25) is 29.8 Å². The van der Waals surface area contributed by atoms with Gasteiger partial charge in [0, 0.05) is 129 Å². The number of benzene rings is 4. The molecule has 5 amide bonds. The number of aromatic nitrogens is 4. The highest BCUT2D eigenvalue weighted by Crippen LogP contribution is 2.32. The number of ether oxygens (including phenoxy) is 7. The number of nitro benzene ring substituents is 2. The van der Waals surface area contributed by atoms with Crippen LogP contribution in [-0.4, -0.2) is 176 Å². The molecule has 2 aromatic heterocycles. The fourth-order valence-electron chi connectivity index (χ4n) is 10.5. The van der Waals surface area contributed by atoms with Crippen molar-refractivity contribution >= 4 is 52.5 Å². The molecule has 2 N–H and O–H groups in total. The van der Waals surface area contributed by atoms with Gasteiger partial charge in [-0.25, -0.2) is 34.4 Å². The van der Waals surface area contributed by atoms with Crippen molar-refractivity contribution in [1.29, 1.82) is 0 Å². The van der Waals surface area contributed by atoms with Crippen molar-refractivity contribution in [2.24, 2.45) is 0 Å². The molecule has 0 bridgehead atoms. The number of carbonyl (C=O) groups excluding carboxylic acids is 4. The molecule has 27 nitrogen and oxygen atoms in total. The summed E-state index contributed by atoms with van der Waals surface area (Å²) < 4.78 is 37.7. The number of carbonyl (C=O) groups is 4. The predicted molar refractivity (Wildman–Crippen MR) is 339 cm³/mol. The van der Waals surface area contributed by atoms with E-state index in [0.717, 1.165) is 132 Å². The molecule has 8 heterocycles. The molecule has 486 valence electrons. The summed E-state index contributed by atoms with van der Waals surface area (Å²) in [4.78, 5) is 95.1. The van der Waals surface area contributed by atoms with Crippen LogP contribution in [0, 0.1) is 20.2 Å². The number of Topliss-reactive ketones (excluding diaryl/α,β-unsaturated/α-hetero) is 1. The number of hydrogen-bond acceptors (Lipinski definition) is 21. The van der Waals surface area contributed by atoms with E-state index in [1.807, 2.05) is 49.4 Å². The summed E-state index contributed by atoms with van der Waals surface area (Å²) in [6.07, 6.45) is 5.96. The Morgan fingerprint density at radius 2 is 1.12 bits per heavy atom. The first-order valence-corrected chi connectivity index (χ1v) is 30.7. The standard InChI is InChI=1S/C23H30N6O4.C20H20N2O5.C17H18N4O4.C5H8O2/c1-3-24-22(30)29(4-2)23(31)25-17-7-5-16(6-8-17)20-26-19-15-33-12-9-18(19)21(27-20)28-10-13-32-14-11-28;1-26-19-10-4-15(5-11-19)13-21(18-3-2-12-27-14-18)20(23)16-6-8-17(9-7-16)22(24)25;22-21(23)13-3-1-12(2-4-13)16-18-15-11-25-8-5-14(15)17(19-16)20-6-9-24-10-7-20;6-5-2-1-3-7-4-5/h5-8H,3-4,9-15H2,1-2H3,(H,24,30)(H,25,31);3-11H,2,12-14H2,1H3;1-4H,5-11H2;1-4H2. The van der Waals surface area contributed by atoms with E-state index in [0.29, 0.717) is 109 Å². The lowest BCUT2D eigenvalue weighted by Crippen LogP contribution is -2.45. The number of imide groups is 1. The van der Waals surface area contributed by atoms with Crippen LogP contribution < -0.4 is 25.2 Å². The third kappa shape index (κ3) is 18.2. The van der Waals surface area contributed by atoms with Gasteiger partial charge in [0.1, 0.15) is 24.0 Å². The molecule has 27 heteroatoms. The zero-order chi connectivity index (χ0) is 64.8. The van der Waals surface area contributed by atoms with Gasteiger partial charge in [-0.05, 0) is 92.9 Å². The number of rotatable bonds is 14. The predicted octanol–water partition coefficient (Wildman–Crippen LogP) is 8.51. The summed E-state index contributed by atoms with van der Waals surface area (Å²) in [7, 11) is 1.60. The van der Waals surface area contributed by atoms with E-state index in [4.69, 9.17) is 48.1 Å². The molecule has 92 heavy (non-hydrogen) atoms. The third-order valence-corrected chi connectivity index (χ3v) is 15.4. The van der Waals surface area contributed by atoms with Crippen LogP contribution in [0.4, 0.5) is 38.3 Å². The van der Waals surface area contributed by atoms with Gasteiger partial charge in [-0.2, -0.15) is 0 Å². The number of urea groups is 2. The van der Waals surface area contributed by atoms with Crippen LogP contribution in [0.5, 0.6) is 5.75 Å². The molecule has 0 unspecified atom stereocenters. The van der Waals surface area contributed by atoms with Crippen molar-refractivity contribution in [2.45, 2.75) is 65.7 Å². The van der Waals surface area contributed by atoms with Crippen LogP contribution >= 0.6 is 0 Å². The molecular formula is C65H76N12O15. The van der Waals surface area contributed by atoms with Gasteiger partial charge < -0.3 is 58.5 Å². The SMILES string of the molecule is CCNC(=O)N(CC)C(=O)Nc1ccc(-c2nc3c(c(N4CCOCC4)n2)CCOC3)cc1.COc1ccc(CN(C(=O)c2ccc([N+](=O)[O-])cc2)C2=CCCOC2)cc1.O=C1CCCOC1.O=[N+]([O-])c1ccc(-c2nc3c(c(N4CCOCC4)n2)CCOC3)cc1. The van der Waals surface area contributed by atoms with E-state index < -0.39 is 21.9 Å². The number of ketones is 1. The third-order valence-electron chi connectivity index (χ3n) is 15.4. The minimum absolute atomic E-state index is 0.0477. The molecule has 0 aliphatic carbocycles. The largest absolute Gasteiger partial charge is 0.497 e. The molecule has 0 spiro atoms. The summed E-state index contributed by atoms with van der Waals surface area (Å²) in [5.41, 5.74) is 8.42. The van der Waals surface area contributed by atoms with Crippen LogP contribution in [0.1, 0.15) is 71.5 Å². The van der Waals surface area contributed by atoms with E-state index in [2.05, 4.69) is 25.4 Å². The Kier molecular flexibility index (Phi) is 24.5. The van der Waals surface area contributed by atoms with Gasteiger partial charge in [-0.1, -0.05) is 18.2 Å². The lowest BCUT2D eigenvalue weighted by molar-refractivity contribution is -0.385. The minimum Gasteiger partial charge on any atom is -0.497 e. The molecule has 6 aromatic rings. The summed E-state index contributed by atoms with van der Waals surface area (Å²) >= 11 is 0. The van der Waals surface area contributed by atoms with E-state index >= 15 is 0 Å². The molecule has 3 saturated heterocycles. The number of morpholine rings is 2. The Labute approximate surface area is 532 Å². The van der Waals surface area contributed by atoms with Crippen molar-refractivity contribution in [3.05, 3.63) is 163 Å². The monoisotopic (exact) mass is 1260 g/mol. The fraction of sp³-hybridized carbons (Fsp3) is 0.415. The number of nitro groups is 2. The highest BCUT2D eigenvalue weighted by molar-refractivity contribution is 6.00. The number of methoxy groups -OCH3 is 1. The van der Waals surface area contributed by atoms with Gasteiger partial charge in [0.15, 0.2) is 17.4 Å². The van der Waals surface area contributed by atoms with E-state index in [-0.39, 0.29) is 29.6 Å². The van der Waals surface area contributed by atoms with Gasteiger partial charge >= 0.3 is 12.1 Å². The number of anilines is 3.